The third-order valence-electron chi connectivity index (χ3n) is 3.88. The zero-order valence-corrected chi connectivity index (χ0v) is 13.1. The summed E-state index contributed by atoms with van der Waals surface area (Å²) in [5, 5.41) is 16.7. The van der Waals surface area contributed by atoms with E-state index in [1.165, 1.54) is 12.3 Å². The summed E-state index contributed by atoms with van der Waals surface area (Å²) in [6, 6.07) is 2.99. The topological polar surface area (TPSA) is 100 Å². The maximum atomic E-state index is 12.0. The number of aromatic nitrogens is 1. The summed E-state index contributed by atoms with van der Waals surface area (Å²) in [6.45, 7) is 7.46. The molecule has 2 rings (SSSR count). The van der Waals surface area contributed by atoms with Gasteiger partial charge in [-0.2, -0.15) is 0 Å². The van der Waals surface area contributed by atoms with Crippen LogP contribution >= 0.6 is 0 Å². The lowest BCUT2D eigenvalue weighted by atomic mass is 10.2. The van der Waals surface area contributed by atoms with Gasteiger partial charge in [0.25, 0.3) is 5.69 Å². The van der Waals surface area contributed by atoms with Crippen LogP contribution in [0.2, 0.25) is 0 Å². The van der Waals surface area contributed by atoms with E-state index >= 15 is 0 Å². The average Bonchev–Trinajstić information content (AvgIpc) is 3.00. The zero-order valence-electron chi connectivity index (χ0n) is 13.1. The molecule has 23 heavy (non-hydrogen) atoms. The van der Waals surface area contributed by atoms with Crippen LogP contribution in [0.25, 0.3) is 0 Å². The van der Waals surface area contributed by atoms with Crippen LogP contribution in [-0.2, 0) is 4.79 Å². The van der Waals surface area contributed by atoms with Gasteiger partial charge in [0.15, 0.2) is 0 Å². The molecule has 0 unspecified atom stereocenters. The predicted octanol–water partition coefficient (Wildman–Crippen LogP) is 1.17. The van der Waals surface area contributed by atoms with Crippen LogP contribution in [0, 0.1) is 10.1 Å². The molecule has 0 aromatic carbocycles. The number of carbonyl (C=O) groups excluding carboxylic acids is 1. The van der Waals surface area contributed by atoms with Crippen molar-refractivity contribution in [3.63, 3.8) is 0 Å². The van der Waals surface area contributed by atoms with Gasteiger partial charge in [-0.3, -0.25) is 19.8 Å². The second-order valence-electron chi connectivity index (χ2n) is 5.49. The molecule has 1 aliphatic heterocycles. The summed E-state index contributed by atoms with van der Waals surface area (Å²) in [4.78, 5) is 28.2. The predicted molar refractivity (Wildman–Crippen MR) is 87.2 cm³/mol. The third kappa shape index (κ3) is 4.49. The molecule has 1 fully saturated rings. The van der Waals surface area contributed by atoms with Crippen molar-refractivity contribution in [1.82, 2.24) is 15.2 Å². The van der Waals surface area contributed by atoms with E-state index in [2.05, 4.69) is 27.1 Å². The van der Waals surface area contributed by atoms with E-state index in [0.29, 0.717) is 12.4 Å². The van der Waals surface area contributed by atoms with Crippen molar-refractivity contribution in [3.05, 3.63) is 41.1 Å². The molecule has 2 N–H and O–H groups in total. The Balaban J connectivity index is 1.86. The van der Waals surface area contributed by atoms with Crippen LogP contribution in [0.4, 0.5) is 11.5 Å². The maximum absolute atomic E-state index is 12.0. The number of nitro groups is 1. The summed E-state index contributed by atoms with van der Waals surface area (Å²) in [6.07, 6.45) is 3.78. The van der Waals surface area contributed by atoms with Crippen LogP contribution in [0.3, 0.4) is 0 Å². The second-order valence-corrected chi connectivity index (χ2v) is 5.49. The van der Waals surface area contributed by atoms with E-state index in [-0.39, 0.29) is 23.7 Å². The lowest BCUT2D eigenvalue weighted by molar-refractivity contribution is -0.385. The minimum absolute atomic E-state index is 0.0148. The van der Waals surface area contributed by atoms with E-state index in [4.69, 9.17) is 0 Å². The first-order chi connectivity index (χ1) is 11.0. The number of nitrogens with zero attached hydrogens (tertiary/aromatic N) is 3. The highest BCUT2D eigenvalue weighted by Crippen LogP contribution is 2.18. The summed E-state index contributed by atoms with van der Waals surface area (Å²) >= 11 is 0. The molecule has 1 amide bonds. The van der Waals surface area contributed by atoms with Gasteiger partial charge in [0.2, 0.25) is 5.91 Å². The van der Waals surface area contributed by atoms with Gasteiger partial charge in [-0.25, -0.2) is 4.98 Å². The van der Waals surface area contributed by atoms with Crippen molar-refractivity contribution in [2.45, 2.75) is 25.4 Å². The Morgan fingerprint density at radius 3 is 3.04 bits per heavy atom. The largest absolute Gasteiger partial charge is 0.366 e. The summed E-state index contributed by atoms with van der Waals surface area (Å²) in [7, 11) is 0. The van der Waals surface area contributed by atoms with E-state index in [1.54, 1.807) is 12.1 Å². The van der Waals surface area contributed by atoms with E-state index in [1.807, 2.05) is 6.92 Å². The van der Waals surface area contributed by atoms with Gasteiger partial charge in [0, 0.05) is 31.7 Å². The minimum Gasteiger partial charge on any atom is -0.366 e. The number of amides is 1. The second kappa shape index (κ2) is 7.68. The Labute approximate surface area is 134 Å². The number of pyridine rings is 1. The number of hydrogen-bond acceptors (Lipinski definition) is 6. The van der Waals surface area contributed by atoms with Crippen LogP contribution in [-0.4, -0.2) is 52.4 Å². The first-order valence-electron chi connectivity index (χ1n) is 7.51. The molecule has 1 aliphatic rings. The number of carbonyl (C=O) groups is 1. The molecule has 8 heteroatoms. The van der Waals surface area contributed by atoms with Gasteiger partial charge in [-0.05, 0) is 19.4 Å². The van der Waals surface area contributed by atoms with Crippen LogP contribution in [0.15, 0.2) is 31.0 Å². The molecule has 2 heterocycles. The summed E-state index contributed by atoms with van der Waals surface area (Å²) in [5.74, 6) is 0.588. The third-order valence-corrected chi connectivity index (χ3v) is 3.88. The van der Waals surface area contributed by atoms with Crippen molar-refractivity contribution >= 4 is 17.4 Å². The standard InChI is InChI=1S/C15H21N5O3/c1-3-7-16-15(21)11(2)19-8-6-12(10-19)18-14-5-4-13(9-17-14)20(22)23/h3-5,9,11-12H,1,6-8,10H2,2H3,(H,16,21)(H,17,18)/t11-,12-/m0/s1. The van der Waals surface area contributed by atoms with Gasteiger partial charge in [0.05, 0.1) is 11.0 Å². The number of nitrogens with one attached hydrogen (secondary N) is 2. The van der Waals surface area contributed by atoms with Gasteiger partial charge >= 0.3 is 0 Å². The fourth-order valence-corrected chi connectivity index (χ4v) is 2.53. The first-order valence-corrected chi connectivity index (χ1v) is 7.51. The van der Waals surface area contributed by atoms with Crippen molar-refractivity contribution in [3.8, 4) is 0 Å². The highest BCUT2D eigenvalue weighted by molar-refractivity contribution is 5.81. The van der Waals surface area contributed by atoms with Gasteiger partial charge in [-0.1, -0.05) is 6.08 Å². The molecule has 0 saturated carbocycles. The minimum atomic E-state index is -0.475. The summed E-state index contributed by atoms with van der Waals surface area (Å²) in [5.41, 5.74) is -0.0314. The van der Waals surface area contributed by atoms with Crippen molar-refractivity contribution in [2.75, 3.05) is 25.0 Å². The fraction of sp³-hybridized carbons (Fsp3) is 0.467. The molecule has 124 valence electrons. The lowest BCUT2D eigenvalue weighted by Gasteiger charge is -2.23. The Bertz CT molecular complexity index is 575. The molecule has 0 spiro atoms. The average molecular weight is 319 g/mol. The van der Waals surface area contributed by atoms with Crippen LogP contribution in [0.5, 0.6) is 0 Å². The van der Waals surface area contributed by atoms with Gasteiger partial charge in [-0.15, -0.1) is 6.58 Å². The number of anilines is 1. The van der Waals surface area contributed by atoms with Gasteiger partial charge in [0.1, 0.15) is 12.0 Å². The molecular formula is C15H21N5O3. The molecule has 0 bridgehead atoms. The quantitative estimate of drug-likeness (QED) is 0.444. The van der Waals surface area contributed by atoms with Crippen molar-refractivity contribution in [1.29, 1.82) is 0 Å². The van der Waals surface area contributed by atoms with Crippen LogP contribution in [0.1, 0.15) is 13.3 Å². The highest BCUT2D eigenvalue weighted by atomic mass is 16.6. The van der Waals surface area contributed by atoms with Gasteiger partial charge < -0.3 is 10.6 Å². The fourth-order valence-electron chi connectivity index (χ4n) is 2.53. The lowest BCUT2D eigenvalue weighted by Crippen LogP contribution is -2.44. The monoisotopic (exact) mass is 319 g/mol. The number of rotatable bonds is 7. The molecule has 1 aromatic heterocycles. The Kier molecular flexibility index (Phi) is 5.64. The Morgan fingerprint density at radius 1 is 1.65 bits per heavy atom. The maximum Gasteiger partial charge on any atom is 0.287 e. The molecule has 0 radical (unpaired) electrons. The SMILES string of the molecule is C=CCNC(=O)[C@H](C)N1CC[C@H](Nc2ccc([N+](=O)[O-])cn2)C1. The Hall–Kier alpha value is -2.48. The summed E-state index contributed by atoms with van der Waals surface area (Å²) < 4.78 is 0. The number of likely N-dealkylation sites (tertiary alicyclic amines) is 1. The molecular weight excluding hydrogens is 298 g/mol. The normalized spacial score (nSPS) is 19.1. The molecule has 2 atom stereocenters. The smallest absolute Gasteiger partial charge is 0.287 e. The number of hydrogen-bond donors (Lipinski definition) is 2. The van der Waals surface area contributed by atoms with Crippen molar-refractivity contribution < 1.29 is 9.72 Å². The van der Waals surface area contributed by atoms with E-state index < -0.39 is 4.92 Å². The Morgan fingerprint density at radius 2 is 2.43 bits per heavy atom. The zero-order chi connectivity index (χ0) is 16.8. The first kappa shape index (κ1) is 16.9. The van der Waals surface area contributed by atoms with E-state index in [9.17, 15) is 14.9 Å². The van der Waals surface area contributed by atoms with E-state index in [0.717, 1.165) is 19.5 Å². The van der Waals surface area contributed by atoms with Crippen LogP contribution < -0.4 is 10.6 Å². The molecule has 1 aromatic rings. The molecule has 1 saturated heterocycles. The molecule has 8 nitrogen and oxygen atoms in total. The molecule has 0 aliphatic carbocycles. The van der Waals surface area contributed by atoms with Crippen molar-refractivity contribution in [2.24, 2.45) is 0 Å². The highest BCUT2D eigenvalue weighted by Gasteiger charge is 2.29.